The monoisotopic (exact) mass is 221 g/mol. The van der Waals surface area contributed by atoms with Gasteiger partial charge in [-0.1, -0.05) is 18.6 Å². The minimum Gasteiger partial charge on any atom is -0.310 e. The highest BCUT2D eigenvalue weighted by molar-refractivity contribution is 4.93. The zero-order valence-electron chi connectivity index (χ0n) is 9.03. The molecule has 1 saturated carbocycles. The molecule has 0 heterocycles. The zero-order valence-corrected chi connectivity index (χ0v) is 9.03. The van der Waals surface area contributed by atoms with Crippen molar-refractivity contribution < 1.29 is 13.2 Å². The Morgan fingerprint density at radius 2 is 2.07 bits per heavy atom. The number of alkyl halides is 3. The maximum Gasteiger partial charge on any atom is 0.391 e. The van der Waals surface area contributed by atoms with Crippen molar-refractivity contribution in [1.82, 2.24) is 5.32 Å². The molecule has 0 aromatic rings. The van der Waals surface area contributed by atoms with Gasteiger partial charge in [-0.05, 0) is 26.2 Å². The summed E-state index contributed by atoms with van der Waals surface area (Å²) in [5.41, 5.74) is 0.962. The van der Waals surface area contributed by atoms with Gasteiger partial charge in [0, 0.05) is 12.6 Å². The molecule has 0 aromatic carbocycles. The first-order chi connectivity index (χ1) is 6.89. The van der Waals surface area contributed by atoms with Gasteiger partial charge in [0.2, 0.25) is 0 Å². The lowest BCUT2D eigenvalue weighted by Crippen LogP contribution is -2.39. The molecule has 0 saturated heterocycles. The van der Waals surface area contributed by atoms with E-state index in [4.69, 9.17) is 0 Å². The number of halogens is 3. The summed E-state index contributed by atoms with van der Waals surface area (Å²) in [4.78, 5) is 0. The van der Waals surface area contributed by atoms with Crippen LogP contribution in [-0.2, 0) is 0 Å². The third kappa shape index (κ3) is 4.24. The smallest absolute Gasteiger partial charge is 0.310 e. The molecule has 1 aliphatic carbocycles. The average molecular weight is 221 g/mol. The Labute approximate surface area is 88.7 Å². The summed E-state index contributed by atoms with van der Waals surface area (Å²) in [6, 6.07) is 0.00192. The van der Waals surface area contributed by atoms with E-state index in [2.05, 4.69) is 11.9 Å². The van der Waals surface area contributed by atoms with Crippen LogP contribution in [0.25, 0.3) is 0 Å². The van der Waals surface area contributed by atoms with Crippen molar-refractivity contribution in [3.05, 3.63) is 12.2 Å². The molecule has 15 heavy (non-hydrogen) atoms. The summed E-state index contributed by atoms with van der Waals surface area (Å²) in [6.07, 6.45) is -2.01. The van der Waals surface area contributed by atoms with Gasteiger partial charge in [0.05, 0.1) is 5.92 Å². The standard InChI is InChI=1S/C11H18F3N/c1-8(2)7-15-10-5-3-4-9(6-10)11(12,13)14/h9-10,15H,1,3-7H2,2H3. The summed E-state index contributed by atoms with van der Waals surface area (Å²) in [5, 5.41) is 3.12. The lowest BCUT2D eigenvalue weighted by atomic mass is 9.85. The summed E-state index contributed by atoms with van der Waals surface area (Å²) >= 11 is 0. The highest BCUT2D eigenvalue weighted by Crippen LogP contribution is 2.37. The van der Waals surface area contributed by atoms with Gasteiger partial charge in [0.25, 0.3) is 0 Å². The molecule has 1 N–H and O–H groups in total. The molecule has 0 amide bonds. The van der Waals surface area contributed by atoms with Crippen LogP contribution in [-0.4, -0.2) is 18.8 Å². The Balaban J connectivity index is 2.39. The van der Waals surface area contributed by atoms with E-state index in [-0.39, 0.29) is 18.9 Å². The van der Waals surface area contributed by atoms with E-state index < -0.39 is 12.1 Å². The second kappa shape index (κ2) is 5.01. The van der Waals surface area contributed by atoms with Crippen molar-refractivity contribution in [2.24, 2.45) is 5.92 Å². The zero-order chi connectivity index (χ0) is 11.5. The van der Waals surface area contributed by atoms with Crippen LogP contribution in [0, 0.1) is 5.92 Å². The van der Waals surface area contributed by atoms with Gasteiger partial charge >= 0.3 is 6.18 Å². The first-order valence-corrected chi connectivity index (χ1v) is 5.34. The molecule has 0 bridgehead atoms. The lowest BCUT2D eigenvalue weighted by Gasteiger charge is -2.31. The Morgan fingerprint density at radius 1 is 1.40 bits per heavy atom. The van der Waals surface area contributed by atoms with E-state index in [0.717, 1.165) is 12.0 Å². The molecule has 0 aromatic heterocycles. The van der Waals surface area contributed by atoms with Gasteiger partial charge in [-0.2, -0.15) is 13.2 Å². The van der Waals surface area contributed by atoms with Crippen molar-refractivity contribution in [2.45, 2.75) is 44.8 Å². The maximum atomic E-state index is 12.5. The Hall–Kier alpha value is -0.510. The predicted molar refractivity (Wildman–Crippen MR) is 54.6 cm³/mol. The molecule has 4 heteroatoms. The van der Waals surface area contributed by atoms with E-state index in [0.29, 0.717) is 13.0 Å². The topological polar surface area (TPSA) is 12.0 Å². The Bertz CT molecular complexity index is 222. The highest BCUT2D eigenvalue weighted by atomic mass is 19.4. The largest absolute Gasteiger partial charge is 0.391 e. The molecular formula is C11H18F3N. The molecule has 1 aliphatic rings. The minimum absolute atomic E-state index is 0.00192. The van der Waals surface area contributed by atoms with Crippen molar-refractivity contribution in [1.29, 1.82) is 0 Å². The minimum atomic E-state index is -4.02. The van der Waals surface area contributed by atoms with Crippen LogP contribution in [0.2, 0.25) is 0 Å². The second-order valence-corrected chi connectivity index (χ2v) is 4.44. The van der Waals surface area contributed by atoms with Gasteiger partial charge in [-0.15, -0.1) is 0 Å². The molecule has 2 unspecified atom stereocenters. The average Bonchev–Trinajstić information content (AvgIpc) is 2.14. The number of hydrogen-bond donors (Lipinski definition) is 1. The lowest BCUT2D eigenvalue weighted by molar-refractivity contribution is -0.183. The molecule has 1 nitrogen and oxygen atoms in total. The van der Waals surface area contributed by atoms with Gasteiger partial charge in [0.1, 0.15) is 0 Å². The molecule has 88 valence electrons. The van der Waals surface area contributed by atoms with Crippen molar-refractivity contribution in [3.63, 3.8) is 0 Å². The van der Waals surface area contributed by atoms with Crippen LogP contribution in [0.15, 0.2) is 12.2 Å². The van der Waals surface area contributed by atoms with Crippen LogP contribution < -0.4 is 5.32 Å². The van der Waals surface area contributed by atoms with E-state index in [1.807, 2.05) is 6.92 Å². The number of nitrogens with one attached hydrogen (secondary N) is 1. The van der Waals surface area contributed by atoms with Gasteiger partial charge in [0.15, 0.2) is 0 Å². The van der Waals surface area contributed by atoms with Crippen LogP contribution in [0.4, 0.5) is 13.2 Å². The summed E-state index contributed by atoms with van der Waals surface area (Å²) in [6.45, 7) is 6.21. The van der Waals surface area contributed by atoms with Crippen molar-refractivity contribution >= 4 is 0 Å². The summed E-state index contributed by atoms with van der Waals surface area (Å²) < 4.78 is 37.4. The van der Waals surface area contributed by atoms with Crippen molar-refractivity contribution in [3.8, 4) is 0 Å². The highest BCUT2D eigenvalue weighted by Gasteiger charge is 2.41. The number of hydrogen-bond acceptors (Lipinski definition) is 1. The first kappa shape index (κ1) is 12.6. The fourth-order valence-corrected chi connectivity index (χ4v) is 1.99. The second-order valence-electron chi connectivity index (χ2n) is 4.44. The summed E-state index contributed by atoms with van der Waals surface area (Å²) in [7, 11) is 0. The molecule has 0 aliphatic heterocycles. The van der Waals surface area contributed by atoms with Crippen LogP contribution in [0.5, 0.6) is 0 Å². The quantitative estimate of drug-likeness (QED) is 0.721. The van der Waals surface area contributed by atoms with Crippen LogP contribution >= 0.6 is 0 Å². The molecule has 1 fully saturated rings. The van der Waals surface area contributed by atoms with Crippen LogP contribution in [0.3, 0.4) is 0 Å². The van der Waals surface area contributed by atoms with Gasteiger partial charge in [-0.3, -0.25) is 0 Å². The first-order valence-electron chi connectivity index (χ1n) is 5.34. The third-order valence-electron chi connectivity index (χ3n) is 2.83. The van der Waals surface area contributed by atoms with Gasteiger partial charge in [-0.25, -0.2) is 0 Å². The Morgan fingerprint density at radius 3 is 2.60 bits per heavy atom. The van der Waals surface area contributed by atoms with E-state index >= 15 is 0 Å². The third-order valence-corrected chi connectivity index (χ3v) is 2.83. The normalized spacial score (nSPS) is 27.7. The summed E-state index contributed by atoms with van der Waals surface area (Å²) in [5.74, 6) is -1.12. The fraction of sp³-hybridized carbons (Fsp3) is 0.818. The van der Waals surface area contributed by atoms with Crippen LogP contribution in [0.1, 0.15) is 32.6 Å². The Kier molecular flexibility index (Phi) is 4.20. The predicted octanol–water partition coefficient (Wildman–Crippen LogP) is 3.27. The fourth-order valence-electron chi connectivity index (χ4n) is 1.99. The molecular weight excluding hydrogens is 203 g/mol. The van der Waals surface area contributed by atoms with E-state index in [9.17, 15) is 13.2 Å². The molecule has 1 rings (SSSR count). The van der Waals surface area contributed by atoms with Crippen molar-refractivity contribution in [2.75, 3.05) is 6.54 Å². The molecule has 2 atom stereocenters. The number of rotatable bonds is 3. The maximum absolute atomic E-state index is 12.5. The van der Waals surface area contributed by atoms with E-state index in [1.54, 1.807) is 0 Å². The SMILES string of the molecule is C=C(C)CNC1CCCC(C(F)(F)F)C1. The van der Waals surface area contributed by atoms with E-state index in [1.165, 1.54) is 0 Å². The van der Waals surface area contributed by atoms with Gasteiger partial charge < -0.3 is 5.32 Å². The molecule has 0 radical (unpaired) electrons. The molecule has 0 spiro atoms.